The molecule has 2 aromatic carbocycles. The molecule has 0 unspecified atom stereocenters. The van der Waals surface area contributed by atoms with E-state index < -0.39 is 0 Å². The first kappa shape index (κ1) is 17.5. The number of carbonyl (C=O) groups excluding carboxylic acids is 1. The fourth-order valence-corrected chi connectivity index (χ4v) is 2.59. The van der Waals surface area contributed by atoms with Crippen molar-refractivity contribution in [2.45, 2.75) is 20.8 Å². The van der Waals surface area contributed by atoms with Gasteiger partial charge in [-0.15, -0.1) is 0 Å². The van der Waals surface area contributed by atoms with Crippen LogP contribution in [0.4, 0.5) is 21.7 Å². The number of nitrogens with zero attached hydrogens (tertiary/aromatic N) is 2. The molecule has 0 fully saturated rings. The Hall–Kier alpha value is -3.28. The van der Waals surface area contributed by atoms with Gasteiger partial charge in [0.1, 0.15) is 11.5 Å². The molecule has 0 radical (unpaired) electrons. The SMILES string of the molecule is Cc1cc(C(=O)Nc2ccc(F)cc2)nc(Nc2c(C)cccc2C)n1. The number of halogens is 1. The zero-order valence-corrected chi connectivity index (χ0v) is 14.8. The molecule has 3 rings (SSSR count). The van der Waals surface area contributed by atoms with Gasteiger partial charge < -0.3 is 10.6 Å². The van der Waals surface area contributed by atoms with Crippen LogP contribution in [0.25, 0.3) is 0 Å². The Morgan fingerprint density at radius 3 is 2.27 bits per heavy atom. The lowest BCUT2D eigenvalue weighted by atomic mass is 10.1. The van der Waals surface area contributed by atoms with Gasteiger partial charge in [0, 0.05) is 17.1 Å². The molecule has 6 heteroatoms. The number of anilines is 3. The number of rotatable bonds is 4. The van der Waals surface area contributed by atoms with Gasteiger partial charge in [0.15, 0.2) is 0 Å². The van der Waals surface area contributed by atoms with E-state index in [-0.39, 0.29) is 17.4 Å². The Labute approximate surface area is 151 Å². The summed E-state index contributed by atoms with van der Waals surface area (Å²) in [6.45, 7) is 5.78. The van der Waals surface area contributed by atoms with Gasteiger partial charge in [-0.1, -0.05) is 18.2 Å². The van der Waals surface area contributed by atoms with E-state index in [0.29, 0.717) is 17.3 Å². The molecule has 132 valence electrons. The summed E-state index contributed by atoms with van der Waals surface area (Å²) < 4.78 is 13.0. The number of hydrogen-bond donors (Lipinski definition) is 2. The highest BCUT2D eigenvalue weighted by Crippen LogP contribution is 2.23. The number of carbonyl (C=O) groups is 1. The summed E-state index contributed by atoms with van der Waals surface area (Å²) in [5.41, 5.74) is 4.44. The van der Waals surface area contributed by atoms with E-state index >= 15 is 0 Å². The normalized spacial score (nSPS) is 10.5. The summed E-state index contributed by atoms with van der Waals surface area (Å²) >= 11 is 0. The topological polar surface area (TPSA) is 66.9 Å². The standard InChI is InChI=1S/C20H19FN4O/c1-12-5-4-6-13(2)18(12)25-20-22-14(3)11-17(24-20)19(26)23-16-9-7-15(21)8-10-16/h4-11H,1-3H3,(H,23,26)(H,22,24,25). The van der Waals surface area contributed by atoms with Gasteiger partial charge in [-0.25, -0.2) is 14.4 Å². The van der Waals surface area contributed by atoms with Crippen LogP contribution < -0.4 is 10.6 Å². The van der Waals surface area contributed by atoms with Crippen LogP contribution in [-0.4, -0.2) is 15.9 Å². The van der Waals surface area contributed by atoms with E-state index in [2.05, 4.69) is 20.6 Å². The highest BCUT2D eigenvalue weighted by atomic mass is 19.1. The molecule has 2 N–H and O–H groups in total. The predicted octanol–water partition coefficient (Wildman–Crippen LogP) is 4.54. The highest BCUT2D eigenvalue weighted by molar-refractivity contribution is 6.03. The molecule has 0 aliphatic heterocycles. The Morgan fingerprint density at radius 1 is 0.962 bits per heavy atom. The van der Waals surface area contributed by atoms with E-state index in [9.17, 15) is 9.18 Å². The Balaban J connectivity index is 1.85. The molecular weight excluding hydrogens is 331 g/mol. The maximum absolute atomic E-state index is 13.0. The van der Waals surface area contributed by atoms with Gasteiger partial charge >= 0.3 is 0 Å². The summed E-state index contributed by atoms with van der Waals surface area (Å²) in [5, 5.41) is 5.90. The Bertz CT molecular complexity index is 934. The maximum atomic E-state index is 13.0. The van der Waals surface area contributed by atoms with Crippen LogP contribution in [0.3, 0.4) is 0 Å². The lowest BCUT2D eigenvalue weighted by Gasteiger charge is -2.12. The minimum Gasteiger partial charge on any atom is -0.324 e. The summed E-state index contributed by atoms with van der Waals surface area (Å²) in [4.78, 5) is 21.1. The second-order valence-electron chi connectivity index (χ2n) is 6.07. The van der Waals surface area contributed by atoms with Gasteiger partial charge in [-0.05, 0) is 62.2 Å². The quantitative estimate of drug-likeness (QED) is 0.725. The van der Waals surface area contributed by atoms with Crippen molar-refractivity contribution in [3.63, 3.8) is 0 Å². The third-order valence-electron chi connectivity index (χ3n) is 3.91. The number of aromatic nitrogens is 2. The number of para-hydroxylation sites is 1. The molecule has 0 aliphatic carbocycles. The number of benzene rings is 2. The third-order valence-corrected chi connectivity index (χ3v) is 3.91. The average molecular weight is 350 g/mol. The minimum atomic E-state index is -0.383. The zero-order chi connectivity index (χ0) is 18.7. The summed E-state index contributed by atoms with van der Waals surface area (Å²) in [5.74, 6) is -0.390. The van der Waals surface area contributed by atoms with E-state index in [1.54, 1.807) is 13.0 Å². The first-order chi connectivity index (χ1) is 12.4. The maximum Gasteiger partial charge on any atom is 0.274 e. The van der Waals surface area contributed by atoms with Crippen LogP contribution in [0.15, 0.2) is 48.5 Å². The van der Waals surface area contributed by atoms with Gasteiger partial charge in [-0.2, -0.15) is 0 Å². The molecule has 0 saturated carbocycles. The lowest BCUT2D eigenvalue weighted by molar-refractivity contribution is 0.102. The Kier molecular flexibility index (Phi) is 4.93. The summed E-state index contributed by atoms with van der Waals surface area (Å²) in [6.07, 6.45) is 0. The molecule has 3 aromatic rings. The van der Waals surface area contributed by atoms with Crippen LogP contribution in [0.2, 0.25) is 0 Å². The predicted molar refractivity (Wildman–Crippen MR) is 100 cm³/mol. The van der Waals surface area contributed by atoms with Gasteiger partial charge in [0.25, 0.3) is 5.91 Å². The molecule has 0 aliphatic rings. The monoisotopic (exact) mass is 350 g/mol. The molecule has 1 amide bonds. The molecule has 0 spiro atoms. The van der Waals surface area contributed by atoms with Crippen molar-refractivity contribution in [3.05, 3.63) is 76.9 Å². The number of aryl methyl sites for hydroxylation is 3. The number of amides is 1. The highest BCUT2D eigenvalue weighted by Gasteiger charge is 2.12. The molecule has 1 heterocycles. The average Bonchev–Trinajstić information content (AvgIpc) is 2.60. The van der Waals surface area contributed by atoms with Gasteiger partial charge in [0.05, 0.1) is 0 Å². The van der Waals surface area contributed by atoms with Crippen molar-refractivity contribution in [3.8, 4) is 0 Å². The van der Waals surface area contributed by atoms with Crippen molar-refractivity contribution >= 4 is 23.2 Å². The second kappa shape index (κ2) is 7.31. The van der Waals surface area contributed by atoms with Crippen LogP contribution in [-0.2, 0) is 0 Å². The van der Waals surface area contributed by atoms with Crippen molar-refractivity contribution in [2.75, 3.05) is 10.6 Å². The van der Waals surface area contributed by atoms with Crippen LogP contribution in [0.1, 0.15) is 27.3 Å². The van der Waals surface area contributed by atoms with Crippen molar-refractivity contribution in [1.29, 1.82) is 0 Å². The van der Waals surface area contributed by atoms with Crippen LogP contribution >= 0.6 is 0 Å². The number of nitrogens with one attached hydrogen (secondary N) is 2. The van der Waals surface area contributed by atoms with E-state index in [1.807, 2.05) is 32.0 Å². The Morgan fingerprint density at radius 2 is 1.62 bits per heavy atom. The van der Waals surface area contributed by atoms with Gasteiger partial charge in [0.2, 0.25) is 5.95 Å². The molecule has 1 aromatic heterocycles. The van der Waals surface area contributed by atoms with Gasteiger partial charge in [-0.3, -0.25) is 4.79 Å². The van der Waals surface area contributed by atoms with Crippen molar-refractivity contribution < 1.29 is 9.18 Å². The van der Waals surface area contributed by atoms with Crippen LogP contribution in [0.5, 0.6) is 0 Å². The molecule has 26 heavy (non-hydrogen) atoms. The van der Waals surface area contributed by atoms with Crippen LogP contribution in [0, 0.1) is 26.6 Å². The molecule has 0 saturated heterocycles. The molecule has 5 nitrogen and oxygen atoms in total. The molecule has 0 atom stereocenters. The van der Waals surface area contributed by atoms with Crippen molar-refractivity contribution in [1.82, 2.24) is 9.97 Å². The fraction of sp³-hybridized carbons (Fsp3) is 0.150. The lowest BCUT2D eigenvalue weighted by Crippen LogP contribution is -2.15. The van der Waals surface area contributed by atoms with Crippen molar-refractivity contribution in [2.24, 2.45) is 0 Å². The third kappa shape index (κ3) is 4.03. The fourth-order valence-electron chi connectivity index (χ4n) is 2.59. The summed E-state index contributed by atoms with van der Waals surface area (Å²) in [7, 11) is 0. The number of hydrogen-bond acceptors (Lipinski definition) is 4. The molecule has 0 bridgehead atoms. The second-order valence-corrected chi connectivity index (χ2v) is 6.07. The first-order valence-electron chi connectivity index (χ1n) is 8.18. The first-order valence-corrected chi connectivity index (χ1v) is 8.18. The smallest absolute Gasteiger partial charge is 0.274 e. The largest absolute Gasteiger partial charge is 0.324 e. The zero-order valence-electron chi connectivity index (χ0n) is 14.8. The van der Waals surface area contributed by atoms with E-state index in [1.165, 1.54) is 24.3 Å². The molecular formula is C20H19FN4O. The minimum absolute atomic E-state index is 0.232. The van der Waals surface area contributed by atoms with E-state index in [0.717, 1.165) is 16.8 Å². The summed E-state index contributed by atoms with van der Waals surface area (Å²) in [6, 6.07) is 13.1. The van der Waals surface area contributed by atoms with E-state index in [4.69, 9.17) is 0 Å².